The Balaban J connectivity index is 2.08. The summed E-state index contributed by atoms with van der Waals surface area (Å²) in [5.74, 6) is 0. The Morgan fingerprint density at radius 3 is 2.67 bits per heavy atom. The van der Waals surface area contributed by atoms with E-state index < -0.39 is 0 Å². The molecule has 2 rings (SSSR count). The number of anilines is 1. The highest BCUT2D eigenvalue weighted by atomic mass is 15.2. The third-order valence-corrected chi connectivity index (χ3v) is 1.99. The summed E-state index contributed by atoms with van der Waals surface area (Å²) in [6, 6.07) is 1.98. The normalized spacial score (nSPS) is 17.8. The van der Waals surface area contributed by atoms with Gasteiger partial charge in [-0.05, 0) is 6.07 Å². The molecule has 1 fully saturated rings. The summed E-state index contributed by atoms with van der Waals surface area (Å²) in [7, 11) is 0. The Morgan fingerprint density at radius 2 is 2.00 bits per heavy atom. The molecule has 1 aliphatic rings. The maximum Gasteiger partial charge on any atom is 0.0729 e. The predicted molar refractivity (Wildman–Crippen MR) is 46.1 cm³/mol. The lowest BCUT2D eigenvalue weighted by molar-refractivity contribution is 0.578. The number of rotatable bonds is 1. The predicted octanol–water partition coefficient (Wildman–Crippen LogP) is -0.0990. The maximum atomic E-state index is 4.28. The average molecular weight is 163 g/mol. The number of aromatic nitrogens is 2. The van der Waals surface area contributed by atoms with Crippen LogP contribution < -0.4 is 10.2 Å². The second-order valence-corrected chi connectivity index (χ2v) is 2.76. The summed E-state index contributed by atoms with van der Waals surface area (Å²) < 4.78 is 0. The summed E-state index contributed by atoms with van der Waals surface area (Å²) in [6.45, 7) is 3.88. The Morgan fingerprint density at radius 1 is 1.17 bits per heavy atom. The van der Waals surface area contributed by atoms with Gasteiger partial charge in [-0.15, -0.1) is 0 Å². The van der Waals surface area contributed by atoms with Crippen LogP contribution in [0.3, 0.4) is 0 Å². The van der Waals surface area contributed by atoms with Gasteiger partial charge in [0.25, 0.3) is 0 Å². The van der Waals surface area contributed by atoms with E-state index >= 15 is 0 Å². The van der Waals surface area contributed by atoms with E-state index in [2.05, 4.69) is 20.4 Å². The molecule has 0 amide bonds. The van der Waals surface area contributed by atoms with Gasteiger partial charge in [0.1, 0.15) is 0 Å². The van der Waals surface area contributed by atoms with Crippen LogP contribution in [-0.2, 0) is 0 Å². The van der Waals surface area contributed by atoms with Crippen molar-refractivity contribution in [3.05, 3.63) is 18.5 Å². The van der Waals surface area contributed by atoms with Gasteiger partial charge in [0.2, 0.25) is 0 Å². The van der Waals surface area contributed by atoms with Gasteiger partial charge in [0, 0.05) is 26.2 Å². The molecule has 63 valence electrons. The second kappa shape index (κ2) is 3.49. The van der Waals surface area contributed by atoms with E-state index in [-0.39, 0.29) is 0 Å². The van der Waals surface area contributed by atoms with Crippen LogP contribution in [0.5, 0.6) is 0 Å². The zero-order valence-electron chi connectivity index (χ0n) is 6.85. The van der Waals surface area contributed by atoms with Gasteiger partial charge in [-0.2, -0.15) is 10.2 Å². The van der Waals surface area contributed by atoms with Crippen LogP contribution in [0.1, 0.15) is 0 Å². The topological polar surface area (TPSA) is 43.1 Å². The molecule has 0 aromatic carbocycles. The monoisotopic (exact) mass is 163 g/mol. The van der Waals surface area contributed by atoms with Crippen LogP contribution >= 0.6 is 0 Å². The van der Waals surface area contributed by atoms with Gasteiger partial charge in [-0.1, -0.05) is 0 Å². The lowest BCUT2D eigenvalue weighted by Crippen LogP contribution is -2.40. The molecule has 4 nitrogen and oxygen atoms in total. The highest BCUT2D eigenvalue weighted by Crippen LogP contribution is 2.10. The van der Waals surface area contributed by atoms with Gasteiger partial charge >= 0.3 is 0 Å². The van der Waals surface area contributed by atoms with Crippen LogP contribution in [0.2, 0.25) is 0 Å². The number of nitrogens with zero attached hydrogens (tertiary/aromatic N) is 4. The minimum absolute atomic E-state index is 0.933. The fraction of sp³-hybridized carbons (Fsp3) is 0.500. The third kappa shape index (κ3) is 1.53. The zero-order chi connectivity index (χ0) is 8.23. The van der Waals surface area contributed by atoms with Crippen LogP contribution in [0.25, 0.3) is 0 Å². The van der Waals surface area contributed by atoms with Crippen molar-refractivity contribution in [2.75, 3.05) is 31.1 Å². The number of hydrogen-bond acceptors (Lipinski definition) is 3. The number of hydrogen-bond donors (Lipinski definition) is 0. The third-order valence-electron chi connectivity index (χ3n) is 1.99. The SMILES string of the molecule is c1cc(N2CC[N]CC2)cnn1. The van der Waals surface area contributed by atoms with E-state index in [0.29, 0.717) is 0 Å². The van der Waals surface area contributed by atoms with E-state index in [1.54, 1.807) is 12.4 Å². The summed E-state index contributed by atoms with van der Waals surface area (Å²) in [4.78, 5) is 2.28. The highest BCUT2D eigenvalue weighted by Gasteiger charge is 2.10. The van der Waals surface area contributed by atoms with Crippen molar-refractivity contribution in [2.45, 2.75) is 0 Å². The molecule has 2 heterocycles. The highest BCUT2D eigenvalue weighted by molar-refractivity contribution is 5.43. The van der Waals surface area contributed by atoms with Crippen molar-refractivity contribution in [3.8, 4) is 0 Å². The fourth-order valence-electron chi connectivity index (χ4n) is 1.34. The first-order valence-corrected chi connectivity index (χ1v) is 4.12. The lowest BCUT2D eigenvalue weighted by atomic mass is 10.3. The van der Waals surface area contributed by atoms with Gasteiger partial charge in [0.15, 0.2) is 0 Å². The smallest absolute Gasteiger partial charge is 0.0729 e. The Hall–Kier alpha value is -1.16. The van der Waals surface area contributed by atoms with Gasteiger partial charge < -0.3 is 4.90 Å². The Labute approximate surface area is 71.6 Å². The van der Waals surface area contributed by atoms with Crippen molar-refractivity contribution in [2.24, 2.45) is 0 Å². The molecule has 0 N–H and O–H groups in total. The number of piperazine rings is 1. The summed E-state index contributed by atoms with van der Waals surface area (Å²) in [5, 5.41) is 11.9. The fourth-order valence-corrected chi connectivity index (χ4v) is 1.34. The Bertz CT molecular complexity index is 230. The minimum Gasteiger partial charge on any atom is -0.368 e. The van der Waals surface area contributed by atoms with E-state index in [4.69, 9.17) is 0 Å². The molecule has 1 aliphatic heterocycles. The molecular formula is C8H11N4. The van der Waals surface area contributed by atoms with Gasteiger partial charge in [-0.3, -0.25) is 0 Å². The van der Waals surface area contributed by atoms with Gasteiger partial charge in [-0.25, -0.2) is 5.32 Å². The summed E-state index contributed by atoms with van der Waals surface area (Å²) in [5.41, 5.74) is 1.15. The van der Waals surface area contributed by atoms with Crippen LogP contribution in [0, 0.1) is 0 Å². The summed E-state index contributed by atoms with van der Waals surface area (Å²) in [6.07, 6.45) is 3.52. The first-order valence-electron chi connectivity index (χ1n) is 4.12. The molecule has 1 saturated heterocycles. The molecule has 0 bridgehead atoms. The van der Waals surface area contributed by atoms with E-state index in [1.807, 2.05) is 6.07 Å². The van der Waals surface area contributed by atoms with E-state index in [0.717, 1.165) is 31.9 Å². The van der Waals surface area contributed by atoms with E-state index in [9.17, 15) is 0 Å². The molecule has 0 spiro atoms. The van der Waals surface area contributed by atoms with Crippen LogP contribution in [0.15, 0.2) is 18.5 Å². The largest absolute Gasteiger partial charge is 0.368 e. The molecule has 12 heavy (non-hydrogen) atoms. The molecule has 1 aromatic heterocycles. The maximum absolute atomic E-state index is 4.28. The van der Waals surface area contributed by atoms with Crippen LogP contribution in [-0.4, -0.2) is 36.4 Å². The second-order valence-electron chi connectivity index (χ2n) is 2.76. The van der Waals surface area contributed by atoms with Crippen molar-refractivity contribution in [3.63, 3.8) is 0 Å². The van der Waals surface area contributed by atoms with Crippen molar-refractivity contribution >= 4 is 5.69 Å². The standard InChI is InChI=1S/C8H11N4/c1-2-10-11-7-8(1)12-5-3-9-4-6-12/h1-2,7H,3-6H2. The molecule has 0 aliphatic carbocycles. The van der Waals surface area contributed by atoms with Crippen molar-refractivity contribution in [1.82, 2.24) is 15.5 Å². The molecule has 0 saturated carbocycles. The average Bonchev–Trinajstić information content (AvgIpc) is 2.21. The summed E-state index contributed by atoms with van der Waals surface area (Å²) >= 11 is 0. The van der Waals surface area contributed by atoms with Gasteiger partial charge in [0.05, 0.1) is 18.1 Å². The quantitative estimate of drug-likeness (QED) is 0.580. The zero-order valence-corrected chi connectivity index (χ0v) is 6.85. The Kier molecular flexibility index (Phi) is 2.18. The first-order chi connectivity index (χ1) is 5.97. The minimum atomic E-state index is 0.933. The molecule has 1 radical (unpaired) electrons. The molecular weight excluding hydrogens is 152 g/mol. The lowest BCUT2D eigenvalue weighted by Gasteiger charge is -2.27. The van der Waals surface area contributed by atoms with E-state index in [1.165, 1.54) is 0 Å². The molecule has 0 atom stereocenters. The molecule has 1 aromatic rings. The molecule has 0 unspecified atom stereocenters. The van der Waals surface area contributed by atoms with Crippen LogP contribution in [0.4, 0.5) is 5.69 Å². The first kappa shape index (κ1) is 7.49. The van der Waals surface area contributed by atoms with Crippen molar-refractivity contribution in [1.29, 1.82) is 0 Å². The van der Waals surface area contributed by atoms with Crippen molar-refractivity contribution < 1.29 is 0 Å². The molecule has 4 heteroatoms.